The number of nitrogens with two attached hydrogens (primary N) is 1. The van der Waals surface area contributed by atoms with Crippen molar-refractivity contribution in [3.8, 4) is 0 Å². The predicted molar refractivity (Wildman–Crippen MR) is 151 cm³/mol. The summed E-state index contributed by atoms with van der Waals surface area (Å²) in [6.45, 7) is 27.0. The van der Waals surface area contributed by atoms with Gasteiger partial charge in [0.25, 0.3) is 0 Å². The molecule has 0 bridgehead atoms. The first-order valence-electron chi connectivity index (χ1n) is 14.9. The van der Waals surface area contributed by atoms with E-state index in [-0.39, 0.29) is 5.54 Å². The van der Waals surface area contributed by atoms with Gasteiger partial charge in [0.05, 0.1) is 0 Å². The molecule has 0 amide bonds. The van der Waals surface area contributed by atoms with E-state index in [0.29, 0.717) is 21.7 Å². The van der Waals surface area contributed by atoms with Gasteiger partial charge in [-0.05, 0) is 85.4 Å². The normalized spacial score (nSPS) is 28.7. The largest absolute Gasteiger partial charge is 0.325 e. The van der Waals surface area contributed by atoms with Crippen molar-refractivity contribution in [1.82, 2.24) is 0 Å². The van der Waals surface area contributed by atoms with Gasteiger partial charge in [-0.25, -0.2) is 0 Å². The molecule has 0 radical (unpaired) electrons. The number of hydrogen-bond acceptors (Lipinski definition) is 1. The standard InChI is InChI=1S/C32H65N/c1-12-29(8,24-31(10,14-3)28(5,6)7)26-20-16-18-22-27(23-19-17-21-26)30(9,13-2)25-32(11,33)15-4/h26-27H,12-25,33H2,1-11H3. The van der Waals surface area contributed by atoms with Crippen LogP contribution in [0.25, 0.3) is 0 Å². The zero-order chi connectivity index (χ0) is 25.6. The maximum absolute atomic E-state index is 6.68. The summed E-state index contributed by atoms with van der Waals surface area (Å²) in [5.41, 5.74) is 8.30. The Kier molecular flexibility index (Phi) is 11.5. The van der Waals surface area contributed by atoms with Crippen molar-refractivity contribution < 1.29 is 0 Å². The Bertz CT molecular complexity index is 545. The molecule has 1 aliphatic carbocycles. The van der Waals surface area contributed by atoms with Crippen molar-refractivity contribution in [3.63, 3.8) is 0 Å². The highest BCUT2D eigenvalue weighted by Gasteiger charge is 2.44. The van der Waals surface area contributed by atoms with Crippen molar-refractivity contribution in [1.29, 1.82) is 0 Å². The molecule has 0 aliphatic heterocycles. The van der Waals surface area contributed by atoms with Gasteiger partial charge in [-0.15, -0.1) is 0 Å². The molecule has 0 aromatic carbocycles. The predicted octanol–water partition coefficient (Wildman–Crippen LogP) is 10.6. The van der Waals surface area contributed by atoms with Crippen LogP contribution in [0.15, 0.2) is 0 Å². The van der Waals surface area contributed by atoms with E-state index in [2.05, 4.69) is 76.2 Å². The molecule has 33 heavy (non-hydrogen) atoms. The van der Waals surface area contributed by atoms with Crippen molar-refractivity contribution in [3.05, 3.63) is 0 Å². The van der Waals surface area contributed by atoms with Crippen LogP contribution in [0.4, 0.5) is 0 Å². The second kappa shape index (κ2) is 12.3. The van der Waals surface area contributed by atoms with Crippen LogP contribution in [-0.2, 0) is 0 Å². The van der Waals surface area contributed by atoms with E-state index in [0.717, 1.165) is 18.3 Å². The van der Waals surface area contributed by atoms with Crippen LogP contribution in [0.5, 0.6) is 0 Å². The summed E-state index contributed by atoms with van der Waals surface area (Å²) in [6.07, 6.45) is 18.9. The number of rotatable bonds is 10. The van der Waals surface area contributed by atoms with Gasteiger partial charge in [0, 0.05) is 5.54 Å². The molecule has 0 spiro atoms. The molecular formula is C32H65N. The molecule has 2 N–H and O–H groups in total. The van der Waals surface area contributed by atoms with Crippen molar-refractivity contribution >= 4 is 0 Å². The SMILES string of the molecule is CCC(C)(N)CC(C)(CC)C1CCCCC(C(C)(CC)CC(C)(CC)C(C)(C)C)CCCC1. The van der Waals surface area contributed by atoms with Gasteiger partial charge in [0.15, 0.2) is 0 Å². The quantitative estimate of drug-likeness (QED) is 0.342. The zero-order valence-corrected chi connectivity index (χ0v) is 25.1. The molecule has 0 aromatic heterocycles. The lowest BCUT2D eigenvalue weighted by molar-refractivity contribution is 0.000716. The molecule has 1 aliphatic rings. The molecule has 1 rings (SSSR count). The third-order valence-corrected chi connectivity index (χ3v) is 11.3. The van der Waals surface area contributed by atoms with Gasteiger partial charge >= 0.3 is 0 Å². The Morgan fingerprint density at radius 1 is 0.545 bits per heavy atom. The third kappa shape index (κ3) is 8.25. The summed E-state index contributed by atoms with van der Waals surface area (Å²) in [7, 11) is 0. The lowest BCUT2D eigenvalue weighted by Crippen LogP contribution is -2.43. The van der Waals surface area contributed by atoms with Crippen LogP contribution >= 0.6 is 0 Å². The van der Waals surface area contributed by atoms with Gasteiger partial charge < -0.3 is 5.73 Å². The van der Waals surface area contributed by atoms with Gasteiger partial charge in [-0.3, -0.25) is 0 Å². The van der Waals surface area contributed by atoms with E-state index in [1.54, 1.807) is 0 Å². The van der Waals surface area contributed by atoms with Gasteiger partial charge in [-0.2, -0.15) is 0 Å². The molecule has 0 saturated heterocycles. The zero-order valence-electron chi connectivity index (χ0n) is 25.1. The summed E-state index contributed by atoms with van der Waals surface area (Å²) < 4.78 is 0. The van der Waals surface area contributed by atoms with Crippen molar-refractivity contribution in [2.45, 2.75) is 172 Å². The minimum absolute atomic E-state index is 0.0207. The first kappa shape index (κ1) is 31.0. The topological polar surface area (TPSA) is 26.0 Å². The molecule has 0 aromatic rings. The van der Waals surface area contributed by atoms with Gasteiger partial charge in [-0.1, -0.05) is 114 Å². The molecule has 198 valence electrons. The fraction of sp³-hybridized carbons (Fsp3) is 1.00. The molecule has 1 heteroatoms. The smallest absolute Gasteiger partial charge is 0.0128 e. The Morgan fingerprint density at radius 2 is 0.909 bits per heavy atom. The molecule has 0 heterocycles. The summed E-state index contributed by atoms with van der Waals surface area (Å²) in [5.74, 6) is 1.73. The van der Waals surface area contributed by atoms with Crippen molar-refractivity contribution in [2.75, 3.05) is 0 Å². The Hall–Kier alpha value is -0.0400. The molecular weight excluding hydrogens is 398 g/mol. The van der Waals surface area contributed by atoms with Gasteiger partial charge in [0.2, 0.25) is 0 Å². The Balaban J connectivity index is 2.93. The van der Waals surface area contributed by atoms with E-state index in [4.69, 9.17) is 5.73 Å². The fourth-order valence-electron chi connectivity index (χ4n) is 7.22. The van der Waals surface area contributed by atoms with E-state index < -0.39 is 0 Å². The van der Waals surface area contributed by atoms with E-state index >= 15 is 0 Å². The maximum Gasteiger partial charge on any atom is 0.0128 e. The second-order valence-corrected chi connectivity index (χ2v) is 14.5. The van der Waals surface area contributed by atoms with E-state index in [1.165, 1.54) is 83.5 Å². The Labute approximate surface area is 210 Å². The summed E-state index contributed by atoms with van der Waals surface area (Å²) >= 11 is 0. The van der Waals surface area contributed by atoms with E-state index in [1.807, 2.05) is 0 Å². The third-order valence-electron chi connectivity index (χ3n) is 11.3. The monoisotopic (exact) mass is 464 g/mol. The average Bonchev–Trinajstić information content (AvgIpc) is 2.75. The minimum Gasteiger partial charge on any atom is -0.325 e. The van der Waals surface area contributed by atoms with E-state index in [9.17, 15) is 0 Å². The van der Waals surface area contributed by atoms with Crippen LogP contribution in [0, 0.1) is 33.5 Å². The lowest BCUT2D eigenvalue weighted by Gasteiger charge is -2.50. The van der Waals surface area contributed by atoms with Crippen LogP contribution in [0.3, 0.4) is 0 Å². The highest BCUT2D eigenvalue weighted by atomic mass is 14.7. The average molecular weight is 464 g/mol. The molecule has 4 unspecified atom stereocenters. The molecule has 1 fully saturated rings. The number of hydrogen-bond donors (Lipinski definition) is 1. The van der Waals surface area contributed by atoms with Crippen LogP contribution in [0.2, 0.25) is 0 Å². The lowest BCUT2D eigenvalue weighted by atomic mass is 9.55. The summed E-state index contributed by atoms with van der Waals surface area (Å²) in [6, 6.07) is 0. The first-order chi connectivity index (χ1) is 15.1. The van der Waals surface area contributed by atoms with Crippen LogP contribution in [-0.4, -0.2) is 5.54 Å². The maximum atomic E-state index is 6.68. The Morgan fingerprint density at radius 3 is 1.18 bits per heavy atom. The van der Waals surface area contributed by atoms with Crippen LogP contribution < -0.4 is 5.73 Å². The minimum atomic E-state index is -0.0207. The fourth-order valence-corrected chi connectivity index (χ4v) is 7.22. The molecule has 1 saturated carbocycles. The van der Waals surface area contributed by atoms with Crippen molar-refractivity contribution in [2.24, 2.45) is 39.2 Å². The molecule has 1 nitrogen and oxygen atoms in total. The summed E-state index contributed by atoms with van der Waals surface area (Å²) in [5, 5.41) is 0. The first-order valence-corrected chi connectivity index (χ1v) is 14.9. The second-order valence-electron chi connectivity index (χ2n) is 14.5. The summed E-state index contributed by atoms with van der Waals surface area (Å²) in [4.78, 5) is 0. The highest BCUT2D eigenvalue weighted by molar-refractivity contribution is 4.95. The highest BCUT2D eigenvalue weighted by Crippen LogP contribution is 2.54. The molecule has 4 atom stereocenters. The van der Waals surface area contributed by atoms with Crippen LogP contribution in [0.1, 0.15) is 166 Å². The van der Waals surface area contributed by atoms with Gasteiger partial charge in [0.1, 0.15) is 0 Å².